The summed E-state index contributed by atoms with van der Waals surface area (Å²) in [6.45, 7) is 3.07. The molecule has 0 N–H and O–H groups in total. The highest BCUT2D eigenvalue weighted by Crippen LogP contribution is 2.09. The van der Waals surface area contributed by atoms with Gasteiger partial charge in [0.05, 0.1) is 5.01 Å². The van der Waals surface area contributed by atoms with Crippen molar-refractivity contribution in [1.82, 2.24) is 9.55 Å². The van der Waals surface area contributed by atoms with Gasteiger partial charge in [0.1, 0.15) is 0 Å². The molecule has 0 fully saturated rings. The molecule has 2 aromatic heterocycles. The van der Waals surface area contributed by atoms with Crippen LogP contribution in [0.5, 0.6) is 0 Å². The van der Waals surface area contributed by atoms with Crippen LogP contribution in [0.1, 0.15) is 10.7 Å². The number of hydrogen-bond acceptors (Lipinski definition) is 2. The Kier molecular flexibility index (Phi) is 2.45. The SMILES string of the molecule is Cc1csc(CCn2cccc2)n1. The third kappa shape index (κ3) is 2.18. The summed E-state index contributed by atoms with van der Waals surface area (Å²) in [5, 5.41) is 3.33. The van der Waals surface area contributed by atoms with Gasteiger partial charge in [-0.25, -0.2) is 4.98 Å². The van der Waals surface area contributed by atoms with Gasteiger partial charge in [-0.15, -0.1) is 11.3 Å². The summed E-state index contributed by atoms with van der Waals surface area (Å²) in [5.41, 5.74) is 1.13. The Hall–Kier alpha value is -1.09. The molecule has 0 saturated heterocycles. The molecule has 0 saturated carbocycles. The third-order valence-corrected chi connectivity index (χ3v) is 2.94. The largest absolute Gasteiger partial charge is 0.354 e. The van der Waals surface area contributed by atoms with Gasteiger partial charge >= 0.3 is 0 Å². The topological polar surface area (TPSA) is 17.8 Å². The van der Waals surface area contributed by atoms with Crippen molar-refractivity contribution in [3.63, 3.8) is 0 Å². The molecule has 0 aliphatic heterocycles. The normalized spacial score (nSPS) is 10.5. The average molecular weight is 192 g/mol. The summed E-state index contributed by atoms with van der Waals surface area (Å²) in [6.07, 6.45) is 5.20. The molecule has 68 valence electrons. The first kappa shape index (κ1) is 8.51. The van der Waals surface area contributed by atoms with Crippen molar-refractivity contribution < 1.29 is 0 Å². The van der Waals surface area contributed by atoms with Crippen LogP contribution in [0.4, 0.5) is 0 Å². The van der Waals surface area contributed by atoms with Crippen molar-refractivity contribution in [2.75, 3.05) is 0 Å². The lowest BCUT2D eigenvalue weighted by Gasteiger charge is -1.98. The lowest BCUT2D eigenvalue weighted by atomic mass is 10.4. The van der Waals surface area contributed by atoms with Crippen molar-refractivity contribution in [3.05, 3.63) is 40.6 Å². The second kappa shape index (κ2) is 3.75. The molecule has 0 aliphatic rings. The van der Waals surface area contributed by atoms with E-state index < -0.39 is 0 Å². The molecular weight excluding hydrogens is 180 g/mol. The Balaban J connectivity index is 1.93. The van der Waals surface area contributed by atoms with Crippen LogP contribution in [-0.4, -0.2) is 9.55 Å². The van der Waals surface area contributed by atoms with Crippen LogP contribution in [0.3, 0.4) is 0 Å². The number of aryl methyl sites for hydroxylation is 3. The van der Waals surface area contributed by atoms with E-state index in [0.717, 1.165) is 18.7 Å². The minimum Gasteiger partial charge on any atom is -0.354 e. The molecule has 0 radical (unpaired) electrons. The van der Waals surface area contributed by atoms with Gasteiger partial charge in [-0.05, 0) is 19.1 Å². The zero-order valence-electron chi connectivity index (χ0n) is 7.60. The number of nitrogens with zero attached hydrogens (tertiary/aromatic N) is 2. The first-order valence-electron chi connectivity index (χ1n) is 4.36. The van der Waals surface area contributed by atoms with Crippen molar-refractivity contribution in [2.24, 2.45) is 0 Å². The van der Waals surface area contributed by atoms with Crippen LogP contribution < -0.4 is 0 Å². The maximum absolute atomic E-state index is 4.42. The molecule has 0 spiro atoms. The minimum atomic E-state index is 1.03. The zero-order valence-corrected chi connectivity index (χ0v) is 8.42. The molecule has 0 aliphatic carbocycles. The standard InChI is InChI=1S/C10H12N2S/c1-9-8-13-10(11-9)4-7-12-5-2-3-6-12/h2-3,5-6,8H,4,7H2,1H3. The van der Waals surface area contributed by atoms with Gasteiger partial charge in [0.25, 0.3) is 0 Å². The highest BCUT2D eigenvalue weighted by Gasteiger charge is 1.97. The number of aromatic nitrogens is 2. The number of thiazole rings is 1. The highest BCUT2D eigenvalue weighted by atomic mass is 32.1. The quantitative estimate of drug-likeness (QED) is 0.730. The molecule has 0 aromatic carbocycles. The van der Waals surface area contributed by atoms with E-state index >= 15 is 0 Å². The maximum atomic E-state index is 4.42. The smallest absolute Gasteiger partial charge is 0.0945 e. The van der Waals surface area contributed by atoms with Gasteiger partial charge in [0, 0.05) is 36.4 Å². The lowest BCUT2D eigenvalue weighted by molar-refractivity contribution is 0.697. The summed E-state index contributed by atoms with van der Waals surface area (Å²) in [6, 6.07) is 4.10. The summed E-state index contributed by atoms with van der Waals surface area (Å²) in [4.78, 5) is 4.42. The fourth-order valence-electron chi connectivity index (χ4n) is 1.26. The summed E-state index contributed by atoms with van der Waals surface area (Å²) in [5.74, 6) is 0. The van der Waals surface area contributed by atoms with Gasteiger partial charge in [-0.3, -0.25) is 0 Å². The number of hydrogen-bond donors (Lipinski definition) is 0. The monoisotopic (exact) mass is 192 g/mol. The van der Waals surface area contributed by atoms with E-state index in [2.05, 4.69) is 27.3 Å². The molecule has 2 aromatic rings. The second-order valence-electron chi connectivity index (χ2n) is 3.05. The Labute approximate surface area is 81.9 Å². The molecule has 0 atom stereocenters. The summed E-state index contributed by atoms with van der Waals surface area (Å²) >= 11 is 1.75. The van der Waals surface area contributed by atoms with Crippen LogP contribution in [-0.2, 0) is 13.0 Å². The maximum Gasteiger partial charge on any atom is 0.0945 e. The molecule has 2 rings (SSSR count). The van der Waals surface area contributed by atoms with Gasteiger partial charge in [-0.2, -0.15) is 0 Å². The van der Waals surface area contributed by atoms with Crippen molar-refractivity contribution in [1.29, 1.82) is 0 Å². The predicted octanol–water partition coefficient (Wildman–Crippen LogP) is 2.50. The Bertz CT molecular complexity index is 362. The fourth-order valence-corrected chi connectivity index (χ4v) is 2.03. The van der Waals surface area contributed by atoms with Crippen LogP contribution in [0.15, 0.2) is 29.9 Å². The van der Waals surface area contributed by atoms with Gasteiger partial charge in [0.2, 0.25) is 0 Å². The Morgan fingerprint density at radius 1 is 1.38 bits per heavy atom. The Morgan fingerprint density at radius 2 is 2.15 bits per heavy atom. The minimum absolute atomic E-state index is 1.03. The van der Waals surface area contributed by atoms with Crippen LogP contribution >= 0.6 is 11.3 Å². The van der Waals surface area contributed by atoms with Gasteiger partial charge in [-0.1, -0.05) is 0 Å². The van der Waals surface area contributed by atoms with Crippen LogP contribution in [0.25, 0.3) is 0 Å². The molecule has 0 bridgehead atoms. The number of rotatable bonds is 3. The molecule has 2 heterocycles. The fraction of sp³-hybridized carbons (Fsp3) is 0.300. The molecule has 2 nitrogen and oxygen atoms in total. The van der Waals surface area contributed by atoms with E-state index in [1.165, 1.54) is 5.01 Å². The van der Waals surface area contributed by atoms with E-state index in [-0.39, 0.29) is 0 Å². The van der Waals surface area contributed by atoms with Crippen molar-refractivity contribution >= 4 is 11.3 Å². The van der Waals surface area contributed by atoms with E-state index in [9.17, 15) is 0 Å². The third-order valence-electron chi connectivity index (χ3n) is 1.92. The molecule has 3 heteroatoms. The van der Waals surface area contributed by atoms with Crippen molar-refractivity contribution in [3.8, 4) is 0 Å². The van der Waals surface area contributed by atoms with Gasteiger partial charge < -0.3 is 4.57 Å². The van der Waals surface area contributed by atoms with E-state index in [0.29, 0.717) is 0 Å². The summed E-state index contributed by atoms with van der Waals surface area (Å²) in [7, 11) is 0. The average Bonchev–Trinajstić information content (AvgIpc) is 2.71. The van der Waals surface area contributed by atoms with E-state index in [4.69, 9.17) is 0 Å². The molecular formula is C10H12N2S. The zero-order chi connectivity index (χ0) is 9.10. The first-order chi connectivity index (χ1) is 6.34. The van der Waals surface area contributed by atoms with Crippen LogP contribution in [0, 0.1) is 6.92 Å². The highest BCUT2D eigenvalue weighted by molar-refractivity contribution is 7.09. The molecule has 13 heavy (non-hydrogen) atoms. The van der Waals surface area contributed by atoms with E-state index in [1.54, 1.807) is 11.3 Å². The van der Waals surface area contributed by atoms with E-state index in [1.807, 2.05) is 19.1 Å². The lowest BCUT2D eigenvalue weighted by Crippen LogP contribution is -1.97. The molecule has 0 amide bonds. The van der Waals surface area contributed by atoms with Crippen molar-refractivity contribution in [2.45, 2.75) is 19.9 Å². The Morgan fingerprint density at radius 3 is 2.77 bits per heavy atom. The second-order valence-corrected chi connectivity index (χ2v) is 4.00. The molecule has 0 unspecified atom stereocenters. The van der Waals surface area contributed by atoms with Crippen LogP contribution in [0.2, 0.25) is 0 Å². The van der Waals surface area contributed by atoms with Gasteiger partial charge in [0.15, 0.2) is 0 Å². The predicted molar refractivity (Wildman–Crippen MR) is 55.0 cm³/mol. The summed E-state index contributed by atoms with van der Waals surface area (Å²) < 4.78 is 2.18. The first-order valence-corrected chi connectivity index (χ1v) is 5.24.